The summed E-state index contributed by atoms with van der Waals surface area (Å²) >= 11 is 6.16. The van der Waals surface area contributed by atoms with Gasteiger partial charge in [0.05, 0.1) is 11.6 Å². The number of pyridine rings is 1. The lowest BCUT2D eigenvalue weighted by Gasteiger charge is -2.15. The smallest absolute Gasteiger partial charge is 0.272 e. The van der Waals surface area contributed by atoms with Crippen LogP contribution in [0.1, 0.15) is 22.3 Å². The van der Waals surface area contributed by atoms with E-state index in [4.69, 9.17) is 21.6 Å². The number of anilines is 2. The number of hydrogen-bond donors (Lipinski definition) is 2. The normalized spacial score (nSPS) is 10.3. The molecule has 3 aromatic rings. The minimum atomic E-state index is -0.451. The monoisotopic (exact) mass is 379 g/mol. The van der Waals surface area contributed by atoms with Crippen LogP contribution in [0.15, 0.2) is 47.3 Å². The van der Waals surface area contributed by atoms with Gasteiger partial charge in [-0.15, -0.1) is 0 Å². The molecule has 0 spiro atoms. The number of H-pyrrole nitrogens is 1. The third-order valence-corrected chi connectivity index (χ3v) is 4.41. The van der Waals surface area contributed by atoms with Crippen LogP contribution in [0.4, 0.5) is 11.5 Å². The van der Waals surface area contributed by atoms with Crippen molar-refractivity contribution in [3.63, 3.8) is 0 Å². The third kappa shape index (κ3) is 4.13. The minimum Gasteiger partial charge on any atom is -0.455 e. The first-order valence-electron chi connectivity index (χ1n) is 8.33. The van der Waals surface area contributed by atoms with Gasteiger partial charge in [0.15, 0.2) is 5.75 Å². The van der Waals surface area contributed by atoms with E-state index in [-0.39, 0.29) is 10.8 Å². The summed E-state index contributed by atoms with van der Waals surface area (Å²) in [5.74, 6) is 1.38. The summed E-state index contributed by atoms with van der Waals surface area (Å²) < 4.78 is 5.99. The maximum Gasteiger partial charge on any atom is 0.272 e. The maximum atomic E-state index is 12.2. The molecule has 0 amide bonds. The van der Waals surface area contributed by atoms with Crippen LogP contribution in [-0.2, 0) is 0 Å². The van der Waals surface area contributed by atoms with E-state index < -0.39 is 5.56 Å². The second kappa shape index (κ2) is 7.56. The molecule has 0 aliphatic carbocycles. The predicted octanol–water partition coefficient (Wildman–Crippen LogP) is 5.36. The van der Waals surface area contributed by atoms with Gasteiger partial charge >= 0.3 is 0 Å². The van der Waals surface area contributed by atoms with Crippen molar-refractivity contribution in [2.24, 2.45) is 0 Å². The van der Waals surface area contributed by atoms with Gasteiger partial charge in [-0.1, -0.05) is 29.3 Å². The molecular weight excluding hydrogens is 362 g/mol. The van der Waals surface area contributed by atoms with Crippen LogP contribution in [0.5, 0.6) is 11.5 Å². The van der Waals surface area contributed by atoms with E-state index in [0.717, 1.165) is 22.4 Å². The topological polar surface area (TPSA) is 77.9 Å². The average molecular weight is 380 g/mol. The van der Waals surface area contributed by atoms with Crippen molar-refractivity contribution in [3.05, 3.63) is 80.1 Å². The molecule has 6 heteroatoms. The molecule has 1 aromatic heterocycles. The lowest BCUT2D eigenvalue weighted by molar-refractivity contribution is 0.474. The van der Waals surface area contributed by atoms with E-state index >= 15 is 0 Å². The zero-order valence-corrected chi connectivity index (χ0v) is 15.9. The van der Waals surface area contributed by atoms with E-state index in [2.05, 4.69) is 16.4 Å². The lowest BCUT2D eigenvalue weighted by atomic mass is 10.1. The number of aromatic amines is 1. The number of ether oxygens (including phenoxy) is 1. The van der Waals surface area contributed by atoms with E-state index in [1.54, 1.807) is 30.3 Å². The van der Waals surface area contributed by atoms with Crippen LogP contribution in [0.2, 0.25) is 5.02 Å². The molecule has 0 fully saturated rings. The number of aryl methyl sites for hydroxylation is 3. The van der Waals surface area contributed by atoms with E-state index in [0.29, 0.717) is 17.1 Å². The largest absolute Gasteiger partial charge is 0.455 e. The summed E-state index contributed by atoms with van der Waals surface area (Å²) in [4.78, 5) is 14.9. The number of aromatic nitrogens is 1. The fourth-order valence-corrected chi connectivity index (χ4v) is 3.02. The van der Waals surface area contributed by atoms with Gasteiger partial charge in [0.2, 0.25) is 0 Å². The van der Waals surface area contributed by atoms with Crippen LogP contribution in [0.3, 0.4) is 0 Å². The summed E-state index contributed by atoms with van der Waals surface area (Å²) in [7, 11) is 0. The minimum absolute atomic E-state index is 0.0141. The van der Waals surface area contributed by atoms with E-state index in [1.165, 1.54) is 0 Å². The first kappa shape index (κ1) is 18.6. The van der Waals surface area contributed by atoms with Crippen LogP contribution < -0.4 is 15.6 Å². The van der Waals surface area contributed by atoms with Gasteiger partial charge in [-0.25, -0.2) is 0 Å². The summed E-state index contributed by atoms with van der Waals surface area (Å²) in [6.07, 6.45) is 0. The van der Waals surface area contributed by atoms with Gasteiger partial charge in [0.25, 0.3) is 5.56 Å². The van der Waals surface area contributed by atoms with Crippen molar-refractivity contribution in [1.82, 2.24) is 4.98 Å². The number of nitrogens with one attached hydrogen (secondary N) is 2. The Hall–Kier alpha value is -3.23. The summed E-state index contributed by atoms with van der Waals surface area (Å²) in [6.45, 7) is 5.92. The highest BCUT2D eigenvalue weighted by Crippen LogP contribution is 2.33. The van der Waals surface area contributed by atoms with Crippen molar-refractivity contribution in [2.75, 3.05) is 5.32 Å². The molecule has 0 saturated carbocycles. The molecular formula is C21H18ClN3O2. The van der Waals surface area contributed by atoms with Crippen molar-refractivity contribution >= 4 is 23.1 Å². The highest BCUT2D eigenvalue weighted by Gasteiger charge is 2.13. The summed E-state index contributed by atoms with van der Waals surface area (Å²) in [5, 5.41) is 11.9. The zero-order valence-electron chi connectivity index (χ0n) is 15.2. The summed E-state index contributed by atoms with van der Waals surface area (Å²) in [5.41, 5.74) is 3.89. The van der Waals surface area contributed by atoms with Gasteiger partial charge in [0, 0.05) is 11.8 Å². The van der Waals surface area contributed by atoms with Crippen LogP contribution in [0, 0.1) is 32.1 Å². The number of benzene rings is 2. The first-order chi connectivity index (χ1) is 12.9. The molecule has 1 heterocycles. The lowest BCUT2D eigenvalue weighted by Crippen LogP contribution is -2.10. The molecule has 2 aromatic carbocycles. The Labute approximate surface area is 162 Å². The standard InChI is InChI=1S/C21H18ClN3O2/c1-12-8-13(2)20(14(3)9-12)27-17-10-18(25-21(26)19(17)22)24-16-6-4-15(11-23)5-7-16/h4-10H,1-3H3,(H2,24,25,26). The number of nitrogens with zero attached hydrogens (tertiary/aromatic N) is 1. The Bertz CT molecular complexity index is 1070. The van der Waals surface area contributed by atoms with Crippen molar-refractivity contribution in [3.8, 4) is 17.6 Å². The number of hydrogen-bond acceptors (Lipinski definition) is 4. The predicted molar refractivity (Wildman–Crippen MR) is 107 cm³/mol. The Morgan fingerprint density at radius 1 is 1.07 bits per heavy atom. The molecule has 0 unspecified atom stereocenters. The molecule has 5 nitrogen and oxygen atoms in total. The highest BCUT2D eigenvalue weighted by atomic mass is 35.5. The number of nitriles is 1. The Balaban J connectivity index is 1.95. The van der Waals surface area contributed by atoms with Crippen LogP contribution in [-0.4, -0.2) is 4.98 Å². The van der Waals surface area contributed by atoms with E-state index in [9.17, 15) is 4.79 Å². The van der Waals surface area contributed by atoms with Gasteiger partial charge in [-0.2, -0.15) is 5.26 Å². The first-order valence-corrected chi connectivity index (χ1v) is 8.71. The SMILES string of the molecule is Cc1cc(C)c(Oc2cc(Nc3ccc(C#N)cc3)[nH]c(=O)c2Cl)c(C)c1. The Kier molecular flexibility index (Phi) is 5.20. The third-order valence-electron chi connectivity index (χ3n) is 4.05. The Morgan fingerprint density at radius 3 is 2.30 bits per heavy atom. The fourth-order valence-electron chi connectivity index (χ4n) is 2.88. The molecule has 0 radical (unpaired) electrons. The fraction of sp³-hybridized carbons (Fsp3) is 0.143. The second-order valence-corrected chi connectivity index (χ2v) is 6.71. The highest BCUT2D eigenvalue weighted by molar-refractivity contribution is 6.31. The molecule has 27 heavy (non-hydrogen) atoms. The molecule has 0 saturated heterocycles. The van der Waals surface area contributed by atoms with Gasteiger partial charge in [-0.05, 0) is 56.2 Å². The summed E-state index contributed by atoms with van der Waals surface area (Å²) in [6, 6.07) is 14.6. The molecule has 0 aliphatic heterocycles. The molecule has 0 aliphatic rings. The molecule has 0 bridgehead atoms. The second-order valence-electron chi connectivity index (χ2n) is 6.33. The molecule has 136 valence electrons. The van der Waals surface area contributed by atoms with Crippen molar-refractivity contribution < 1.29 is 4.74 Å². The average Bonchev–Trinajstić information content (AvgIpc) is 2.62. The van der Waals surface area contributed by atoms with Crippen molar-refractivity contribution in [1.29, 1.82) is 5.26 Å². The Morgan fingerprint density at radius 2 is 1.70 bits per heavy atom. The zero-order chi connectivity index (χ0) is 19.6. The number of halogens is 1. The number of rotatable bonds is 4. The van der Waals surface area contributed by atoms with Crippen LogP contribution >= 0.6 is 11.6 Å². The molecule has 3 rings (SSSR count). The van der Waals surface area contributed by atoms with Gasteiger partial charge < -0.3 is 15.0 Å². The van der Waals surface area contributed by atoms with Gasteiger partial charge in [0.1, 0.15) is 16.6 Å². The van der Waals surface area contributed by atoms with Crippen LogP contribution in [0.25, 0.3) is 0 Å². The maximum absolute atomic E-state index is 12.2. The quantitative estimate of drug-likeness (QED) is 0.639. The van der Waals surface area contributed by atoms with E-state index in [1.807, 2.05) is 32.9 Å². The van der Waals surface area contributed by atoms with Crippen molar-refractivity contribution in [2.45, 2.75) is 20.8 Å². The van der Waals surface area contributed by atoms with Gasteiger partial charge in [-0.3, -0.25) is 4.79 Å². The molecule has 2 N–H and O–H groups in total. The molecule has 0 atom stereocenters.